The van der Waals surface area contributed by atoms with E-state index >= 15 is 0 Å². The van der Waals surface area contributed by atoms with Gasteiger partial charge in [0.05, 0.1) is 12.7 Å². The lowest BCUT2D eigenvalue weighted by atomic mass is 9.88. The summed E-state index contributed by atoms with van der Waals surface area (Å²) in [4.78, 5) is 35.9. The first-order valence-electron chi connectivity index (χ1n) is 7.97. The minimum atomic E-state index is -4.46. The van der Waals surface area contributed by atoms with Crippen molar-refractivity contribution in [3.63, 3.8) is 0 Å². The van der Waals surface area contributed by atoms with Crippen molar-refractivity contribution in [3.8, 4) is 0 Å². The predicted molar refractivity (Wildman–Crippen MR) is 87.1 cm³/mol. The highest BCUT2D eigenvalue weighted by Gasteiger charge is 2.45. The number of hydrogen-bond donors (Lipinski definition) is 2. The van der Waals surface area contributed by atoms with E-state index in [0.717, 1.165) is 13.0 Å². The van der Waals surface area contributed by atoms with E-state index in [2.05, 4.69) is 15.1 Å². The molecule has 27 heavy (non-hydrogen) atoms. The zero-order valence-corrected chi connectivity index (χ0v) is 14.1. The molecule has 0 saturated carbocycles. The molecule has 2 aliphatic rings. The van der Waals surface area contributed by atoms with E-state index in [1.54, 1.807) is 18.6 Å². The standard InChI is InChI=1S/C14H16F3N5O2.CH2O2/c15-14(16,17)8-20-12(23)10-6-13(24-21-10)2-1-5-22(9-13)11-7-18-3-4-19-11;2-1-3/h3-4,7H,1-2,5-6,8-9H2,(H,20,23);1H,(H,2,3). The zero-order chi connectivity index (χ0) is 19.9. The van der Waals surface area contributed by atoms with Gasteiger partial charge in [0.2, 0.25) is 0 Å². The summed E-state index contributed by atoms with van der Waals surface area (Å²) in [5.41, 5.74) is -0.721. The molecule has 1 atom stereocenters. The van der Waals surface area contributed by atoms with Crippen molar-refractivity contribution in [3.05, 3.63) is 18.6 Å². The summed E-state index contributed by atoms with van der Waals surface area (Å²) < 4.78 is 36.6. The van der Waals surface area contributed by atoms with Crippen LogP contribution < -0.4 is 10.2 Å². The van der Waals surface area contributed by atoms with E-state index in [0.29, 0.717) is 18.8 Å². The minimum Gasteiger partial charge on any atom is -0.483 e. The molecule has 9 nitrogen and oxygen atoms in total. The van der Waals surface area contributed by atoms with Crippen LogP contribution in [0.4, 0.5) is 19.0 Å². The quantitative estimate of drug-likeness (QED) is 0.740. The molecule has 2 aliphatic heterocycles. The fourth-order valence-corrected chi connectivity index (χ4v) is 2.89. The number of oxime groups is 1. The molecule has 0 bridgehead atoms. The lowest BCUT2D eigenvalue weighted by Crippen LogP contribution is -2.49. The van der Waals surface area contributed by atoms with Crippen molar-refractivity contribution >= 4 is 23.9 Å². The van der Waals surface area contributed by atoms with Crippen molar-refractivity contribution in [2.75, 3.05) is 24.5 Å². The number of nitrogens with zero attached hydrogens (tertiary/aromatic N) is 4. The molecule has 1 amide bonds. The van der Waals surface area contributed by atoms with E-state index in [1.165, 1.54) is 0 Å². The van der Waals surface area contributed by atoms with Gasteiger partial charge < -0.3 is 20.2 Å². The summed E-state index contributed by atoms with van der Waals surface area (Å²) in [6.45, 7) is -0.422. The van der Waals surface area contributed by atoms with Gasteiger partial charge in [-0.3, -0.25) is 14.6 Å². The highest BCUT2D eigenvalue weighted by Crippen LogP contribution is 2.34. The van der Waals surface area contributed by atoms with Crippen LogP contribution in [0.25, 0.3) is 0 Å². The van der Waals surface area contributed by atoms with Gasteiger partial charge in [-0.25, -0.2) is 4.98 Å². The van der Waals surface area contributed by atoms with E-state index in [4.69, 9.17) is 14.7 Å². The molecule has 12 heteroatoms. The third-order valence-electron chi connectivity index (χ3n) is 3.96. The Balaban J connectivity index is 0.000000817. The molecule has 1 fully saturated rings. The Morgan fingerprint density at radius 3 is 2.81 bits per heavy atom. The number of aromatic nitrogens is 2. The summed E-state index contributed by atoms with van der Waals surface area (Å²) in [5.74, 6) is -0.157. The van der Waals surface area contributed by atoms with Crippen LogP contribution in [0.2, 0.25) is 0 Å². The third-order valence-corrected chi connectivity index (χ3v) is 3.96. The molecule has 1 spiro atoms. The average molecular weight is 389 g/mol. The van der Waals surface area contributed by atoms with Crippen LogP contribution in [0, 0.1) is 0 Å². The maximum atomic E-state index is 12.2. The molecule has 3 heterocycles. The number of carbonyl (C=O) groups is 2. The summed E-state index contributed by atoms with van der Waals surface area (Å²) >= 11 is 0. The number of halogens is 3. The Morgan fingerprint density at radius 1 is 1.44 bits per heavy atom. The number of anilines is 1. The van der Waals surface area contributed by atoms with Gasteiger partial charge in [0, 0.05) is 25.4 Å². The predicted octanol–water partition coefficient (Wildman–Crippen LogP) is 0.971. The average Bonchev–Trinajstić information content (AvgIpc) is 3.04. The molecule has 1 unspecified atom stereocenters. The topological polar surface area (TPSA) is 117 Å². The Hall–Kier alpha value is -2.92. The molecule has 0 aliphatic carbocycles. The monoisotopic (exact) mass is 389 g/mol. The molecule has 0 aromatic carbocycles. The second-order valence-corrected chi connectivity index (χ2v) is 5.98. The molecule has 3 rings (SSSR count). The molecule has 2 N–H and O–H groups in total. The van der Waals surface area contributed by atoms with E-state index in [1.807, 2.05) is 10.2 Å². The van der Waals surface area contributed by atoms with Crippen LogP contribution in [-0.2, 0) is 14.4 Å². The van der Waals surface area contributed by atoms with E-state index in [-0.39, 0.29) is 18.6 Å². The summed E-state index contributed by atoms with van der Waals surface area (Å²) in [5, 5.41) is 12.4. The smallest absolute Gasteiger partial charge is 0.405 e. The van der Waals surface area contributed by atoms with Gasteiger partial charge in [0.25, 0.3) is 12.4 Å². The second kappa shape index (κ2) is 8.64. The maximum Gasteiger partial charge on any atom is 0.405 e. The first-order valence-corrected chi connectivity index (χ1v) is 7.97. The van der Waals surface area contributed by atoms with Crippen molar-refractivity contribution in [1.82, 2.24) is 15.3 Å². The number of piperidine rings is 1. The third kappa shape index (κ3) is 5.79. The van der Waals surface area contributed by atoms with Crippen molar-refractivity contribution < 1.29 is 32.7 Å². The Bertz CT molecular complexity index is 686. The Morgan fingerprint density at radius 2 is 2.19 bits per heavy atom. The molecular weight excluding hydrogens is 371 g/mol. The molecule has 1 aromatic heterocycles. The van der Waals surface area contributed by atoms with Crippen LogP contribution in [-0.4, -0.2) is 64.6 Å². The fraction of sp³-hybridized carbons (Fsp3) is 0.533. The van der Waals surface area contributed by atoms with E-state index < -0.39 is 24.2 Å². The number of carboxylic acid groups (broad SMARTS) is 1. The van der Waals surface area contributed by atoms with Crippen molar-refractivity contribution in [1.29, 1.82) is 0 Å². The molecule has 148 valence electrons. The minimum absolute atomic E-state index is 0.0137. The number of nitrogens with one attached hydrogen (secondary N) is 1. The number of hydrogen-bond acceptors (Lipinski definition) is 7. The summed E-state index contributed by atoms with van der Waals surface area (Å²) in [6.07, 6.45) is 1.97. The Kier molecular flexibility index (Phi) is 6.53. The highest BCUT2D eigenvalue weighted by atomic mass is 19.4. The molecule has 1 aromatic rings. The van der Waals surface area contributed by atoms with Crippen LogP contribution >= 0.6 is 0 Å². The van der Waals surface area contributed by atoms with Crippen LogP contribution in [0.5, 0.6) is 0 Å². The Labute approximate surface area is 152 Å². The molecular formula is C15H18F3N5O4. The van der Waals surface area contributed by atoms with Gasteiger partial charge in [0.1, 0.15) is 18.1 Å². The van der Waals surface area contributed by atoms with Crippen molar-refractivity contribution in [2.24, 2.45) is 5.16 Å². The molecule has 1 saturated heterocycles. The van der Waals surface area contributed by atoms with Gasteiger partial charge in [-0.15, -0.1) is 0 Å². The van der Waals surface area contributed by atoms with Gasteiger partial charge in [-0.05, 0) is 12.8 Å². The van der Waals surface area contributed by atoms with Crippen LogP contribution in [0.3, 0.4) is 0 Å². The zero-order valence-electron chi connectivity index (χ0n) is 14.1. The number of rotatable bonds is 3. The second-order valence-electron chi connectivity index (χ2n) is 5.98. The molecule has 0 radical (unpaired) electrons. The normalized spacial score (nSPS) is 21.6. The first-order chi connectivity index (χ1) is 12.8. The summed E-state index contributed by atoms with van der Waals surface area (Å²) in [7, 11) is 0. The first kappa shape index (κ1) is 20.4. The fourth-order valence-electron chi connectivity index (χ4n) is 2.89. The van der Waals surface area contributed by atoms with E-state index in [9.17, 15) is 18.0 Å². The number of amides is 1. The maximum absolute atomic E-state index is 12.2. The van der Waals surface area contributed by atoms with Crippen LogP contribution in [0.1, 0.15) is 19.3 Å². The SMILES string of the molecule is O=C(NCC(F)(F)F)C1=NOC2(CCCN(c3cnccn3)C2)C1.O=CO. The van der Waals surface area contributed by atoms with Gasteiger partial charge in [-0.1, -0.05) is 5.16 Å². The number of alkyl halides is 3. The highest BCUT2D eigenvalue weighted by molar-refractivity contribution is 6.39. The van der Waals surface area contributed by atoms with Crippen LogP contribution in [0.15, 0.2) is 23.7 Å². The number of carbonyl (C=O) groups excluding carboxylic acids is 1. The van der Waals surface area contributed by atoms with Gasteiger partial charge in [-0.2, -0.15) is 13.2 Å². The summed E-state index contributed by atoms with van der Waals surface area (Å²) in [6, 6.07) is 0. The largest absolute Gasteiger partial charge is 0.483 e. The lowest BCUT2D eigenvalue weighted by Gasteiger charge is -2.38. The van der Waals surface area contributed by atoms with Crippen molar-refractivity contribution in [2.45, 2.75) is 31.0 Å². The lowest BCUT2D eigenvalue weighted by molar-refractivity contribution is -0.134. The van der Waals surface area contributed by atoms with Gasteiger partial charge >= 0.3 is 6.18 Å². The van der Waals surface area contributed by atoms with Gasteiger partial charge in [0.15, 0.2) is 5.60 Å².